The molecule has 0 aliphatic rings. The molecule has 0 saturated heterocycles. The van der Waals surface area contributed by atoms with E-state index in [4.69, 9.17) is 4.74 Å². The maximum absolute atomic E-state index is 11.8. The third-order valence-electron chi connectivity index (χ3n) is 3.03. The highest BCUT2D eigenvalue weighted by atomic mass is 32.2. The number of hydrogen-bond donors (Lipinski definition) is 2. The van der Waals surface area contributed by atoms with Gasteiger partial charge in [-0.2, -0.15) is 0 Å². The largest absolute Gasteiger partial charge is 0.442 e. The molecule has 0 rings (SSSR count). The molecule has 142 valence electrons. The van der Waals surface area contributed by atoms with Gasteiger partial charge in [0, 0.05) is 65.0 Å². The van der Waals surface area contributed by atoms with E-state index in [1.165, 1.54) is 6.92 Å². The average Bonchev–Trinajstić information content (AvgIpc) is 2.48. The van der Waals surface area contributed by atoms with Crippen molar-refractivity contribution in [1.29, 1.82) is 0 Å². The lowest BCUT2D eigenvalue weighted by atomic mass is 10.2. The van der Waals surface area contributed by atoms with E-state index in [0.29, 0.717) is 24.5 Å². The van der Waals surface area contributed by atoms with E-state index in [1.807, 2.05) is 6.92 Å². The topological polar surface area (TPSA) is 102 Å². The Kier molecular flexibility index (Phi) is 13.8. The Morgan fingerprint density at radius 3 is 2.38 bits per heavy atom. The van der Waals surface area contributed by atoms with Crippen LogP contribution >= 0.6 is 0 Å². The lowest BCUT2D eigenvalue weighted by Crippen LogP contribution is -2.44. The number of esters is 1. The van der Waals surface area contributed by atoms with Gasteiger partial charge in [-0.3, -0.25) is 13.2 Å². The Morgan fingerprint density at radius 1 is 1.08 bits per heavy atom. The molecule has 9 heteroatoms. The number of nitrogens with one attached hydrogen (secondary N) is 2. The Bertz CT molecular complexity index is 432. The molecule has 24 heavy (non-hydrogen) atoms. The fraction of sp³-hybridized carbons (Fsp3) is 0.867. The molecule has 0 spiro atoms. The molecule has 0 aliphatic carbocycles. The van der Waals surface area contributed by atoms with Crippen LogP contribution in [0.5, 0.6) is 0 Å². The van der Waals surface area contributed by atoms with Crippen LogP contribution in [0.4, 0.5) is 4.79 Å². The summed E-state index contributed by atoms with van der Waals surface area (Å²) in [4.78, 5) is 22.8. The Labute approximate surface area is 149 Å². The average molecular weight is 383 g/mol. The van der Waals surface area contributed by atoms with Crippen LogP contribution in [0.3, 0.4) is 0 Å². The molecule has 0 bridgehead atoms. The Hall–Kier alpha value is -0.960. The fourth-order valence-electron chi connectivity index (χ4n) is 1.93. The highest BCUT2D eigenvalue weighted by Gasteiger charge is 2.15. The molecular weight excluding hydrogens is 352 g/mol. The SMILES string of the molecule is CCCS(=O)CCCCCNC(=O)NC(CCS(C)=O)OC(C)=O. The number of rotatable bonds is 13. The summed E-state index contributed by atoms with van der Waals surface area (Å²) < 4.78 is 27.6. The highest BCUT2D eigenvalue weighted by molar-refractivity contribution is 7.85. The molecule has 0 aromatic carbocycles. The van der Waals surface area contributed by atoms with Gasteiger partial charge in [0.1, 0.15) is 0 Å². The smallest absolute Gasteiger partial charge is 0.317 e. The standard InChI is InChI=1S/C15H30N2O5S2/c1-4-10-24(21)11-7-5-6-9-16-15(19)17-14(22-13(2)18)8-12-23(3)20/h14H,4-12H2,1-3H3,(H2,16,17,19). The number of hydrogen-bond acceptors (Lipinski definition) is 5. The first-order valence-electron chi connectivity index (χ1n) is 8.21. The molecule has 3 unspecified atom stereocenters. The number of unbranched alkanes of at least 4 members (excludes halogenated alkanes) is 2. The van der Waals surface area contributed by atoms with Crippen molar-refractivity contribution in [3.05, 3.63) is 0 Å². The van der Waals surface area contributed by atoms with Crippen molar-refractivity contribution in [3.63, 3.8) is 0 Å². The zero-order valence-corrected chi connectivity index (χ0v) is 16.4. The molecule has 2 N–H and O–H groups in total. The zero-order valence-electron chi connectivity index (χ0n) is 14.8. The summed E-state index contributed by atoms with van der Waals surface area (Å²) in [5.74, 6) is 1.30. The lowest BCUT2D eigenvalue weighted by molar-refractivity contribution is -0.147. The molecule has 0 saturated carbocycles. The zero-order chi connectivity index (χ0) is 18.4. The van der Waals surface area contributed by atoms with Crippen LogP contribution < -0.4 is 10.6 Å². The van der Waals surface area contributed by atoms with Gasteiger partial charge in [0.2, 0.25) is 0 Å². The quantitative estimate of drug-likeness (QED) is 0.284. The van der Waals surface area contributed by atoms with Gasteiger partial charge in [-0.25, -0.2) is 4.79 Å². The van der Waals surface area contributed by atoms with Crippen molar-refractivity contribution < 1.29 is 22.7 Å². The van der Waals surface area contributed by atoms with Gasteiger partial charge >= 0.3 is 12.0 Å². The second kappa shape index (κ2) is 14.4. The Morgan fingerprint density at radius 2 is 1.79 bits per heavy atom. The third kappa shape index (κ3) is 14.6. The summed E-state index contributed by atoms with van der Waals surface area (Å²) in [5.41, 5.74) is 0. The number of amides is 2. The van der Waals surface area contributed by atoms with Crippen LogP contribution in [-0.2, 0) is 31.1 Å². The van der Waals surface area contributed by atoms with Gasteiger partial charge in [0.25, 0.3) is 0 Å². The molecule has 0 fully saturated rings. The molecule has 0 aromatic rings. The van der Waals surface area contributed by atoms with E-state index in [9.17, 15) is 18.0 Å². The minimum Gasteiger partial charge on any atom is -0.442 e. The normalized spacial score (nSPS) is 14.5. The Balaban J connectivity index is 3.88. The van der Waals surface area contributed by atoms with Crippen LogP contribution in [-0.4, -0.2) is 56.7 Å². The predicted molar refractivity (Wildman–Crippen MR) is 97.7 cm³/mol. The predicted octanol–water partition coefficient (Wildman–Crippen LogP) is 1.27. The first kappa shape index (κ1) is 23.0. The van der Waals surface area contributed by atoms with Crippen LogP contribution in [0, 0.1) is 0 Å². The van der Waals surface area contributed by atoms with Gasteiger partial charge in [-0.05, 0) is 19.3 Å². The fourth-order valence-corrected chi connectivity index (χ4v) is 3.66. The van der Waals surface area contributed by atoms with Crippen molar-refractivity contribution in [1.82, 2.24) is 10.6 Å². The number of ether oxygens (including phenoxy) is 1. The monoisotopic (exact) mass is 382 g/mol. The summed E-state index contributed by atoms with van der Waals surface area (Å²) >= 11 is 0. The van der Waals surface area contributed by atoms with Crippen LogP contribution in [0.1, 0.15) is 46.0 Å². The van der Waals surface area contributed by atoms with Crippen molar-refractivity contribution in [2.45, 2.75) is 52.2 Å². The summed E-state index contributed by atoms with van der Waals surface area (Å²) in [6.07, 6.45) is 4.60. The van der Waals surface area contributed by atoms with Crippen LogP contribution in [0.15, 0.2) is 0 Å². The highest BCUT2D eigenvalue weighted by Crippen LogP contribution is 1.99. The first-order valence-corrected chi connectivity index (χ1v) is 11.4. The third-order valence-corrected chi connectivity index (χ3v) is 5.45. The van der Waals surface area contributed by atoms with Crippen molar-refractivity contribution in [3.8, 4) is 0 Å². The second-order valence-corrected chi connectivity index (χ2v) is 8.72. The molecule has 0 heterocycles. The molecule has 0 aliphatic heterocycles. The van der Waals surface area contributed by atoms with Crippen molar-refractivity contribution >= 4 is 33.6 Å². The van der Waals surface area contributed by atoms with Gasteiger partial charge < -0.3 is 15.4 Å². The van der Waals surface area contributed by atoms with Crippen LogP contribution in [0.2, 0.25) is 0 Å². The van der Waals surface area contributed by atoms with Crippen molar-refractivity contribution in [2.75, 3.05) is 30.1 Å². The maximum atomic E-state index is 11.8. The van der Waals surface area contributed by atoms with Crippen LogP contribution in [0.25, 0.3) is 0 Å². The molecule has 0 radical (unpaired) electrons. The van der Waals surface area contributed by atoms with E-state index >= 15 is 0 Å². The number of carbonyl (C=O) groups excluding carboxylic acids is 2. The minimum absolute atomic E-state index is 0.305. The van der Waals surface area contributed by atoms with Gasteiger partial charge in [-0.15, -0.1) is 0 Å². The van der Waals surface area contributed by atoms with Gasteiger partial charge in [0.15, 0.2) is 6.23 Å². The van der Waals surface area contributed by atoms with E-state index in [1.54, 1.807) is 6.26 Å². The maximum Gasteiger partial charge on any atom is 0.317 e. The van der Waals surface area contributed by atoms with Crippen molar-refractivity contribution in [2.24, 2.45) is 0 Å². The number of carbonyl (C=O) groups is 2. The molecule has 0 aromatic heterocycles. The molecule has 7 nitrogen and oxygen atoms in total. The molecule has 2 amide bonds. The van der Waals surface area contributed by atoms with E-state index in [0.717, 1.165) is 31.4 Å². The summed E-state index contributed by atoms with van der Waals surface area (Å²) in [7, 11) is -1.75. The van der Waals surface area contributed by atoms with E-state index < -0.39 is 39.8 Å². The van der Waals surface area contributed by atoms with E-state index in [-0.39, 0.29) is 0 Å². The lowest BCUT2D eigenvalue weighted by Gasteiger charge is -2.18. The second-order valence-electron chi connectivity index (χ2n) is 5.47. The minimum atomic E-state index is -1.02. The first-order chi connectivity index (χ1) is 11.3. The van der Waals surface area contributed by atoms with Gasteiger partial charge in [0.05, 0.1) is 0 Å². The van der Waals surface area contributed by atoms with E-state index in [2.05, 4.69) is 10.6 Å². The molecule has 3 atom stereocenters. The summed E-state index contributed by atoms with van der Waals surface area (Å²) in [6.45, 7) is 3.78. The molecular formula is C15H30N2O5S2. The summed E-state index contributed by atoms with van der Waals surface area (Å²) in [6, 6.07) is -0.419. The summed E-state index contributed by atoms with van der Waals surface area (Å²) in [5, 5.41) is 5.25. The number of urea groups is 1. The van der Waals surface area contributed by atoms with Gasteiger partial charge in [-0.1, -0.05) is 13.3 Å².